The number of rotatable bonds is 4. The molecule has 0 heterocycles. The third kappa shape index (κ3) is 4.17. The molecule has 7 heteroatoms. The van der Waals surface area contributed by atoms with Crippen molar-refractivity contribution in [3.05, 3.63) is 64.0 Å². The lowest BCUT2D eigenvalue weighted by Crippen LogP contribution is -2.33. The van der Waals surface area contributed by atoms with E-state index in [0.717, 1.165) is 22.8 Å². The minimum absolute atomic E-state index is 0.440. The van der Waals surface area contributed by atoms with Crippen LogP contribution in [0.1, 0.15) is 27.0 Å². The minimum atomic E-state index is -1.67. The average molecular weight is 350 g/mol. The molecule has 0 aliphatic carbocycles. The van der Waals surface area contributed by atoms with E-state index in [1.54, 1.807) is 13.8 Å². The van der Waals surface area contributed by atoms with E-state index < -0.39 is 41.5 Å². The molecule has 0 atom stereocenters. The quantitative estimate of drug-likeness (QED) is 0.831. The van der Waals surface area contributed by atoms with Crippen molar-refractivity contribution in [2.75, 3.05) is 11.9 Å². The van der Waals surface area contributed by atoms with Gasteiger partial charge in [-0.3, -0.25) is 9.59 Å². The summed E-state index contributed by atoms with van der Waals surface area (Å²) >= 11 is 0. The van der Waals surface area contributed by atoms with Gasteiger partial charge >= 0.3 is 0 Å². The first-order valence-electron chi connectivity index (χ1n) is 7.50. The van der Waals surface area contributed by atoms with E-state index in [1.807, 2.05) is 19.1 Å². The maximum Gasteiger partial charge on any atom is 0.252 e. The molecular formula is C18H17F3N2O2. The van der Waals surface area contributed by atoms with Crippen molar-refractivity contribution < 1.29 is 22.8 Å². The van der Waals surface area contributed by atoms with Crippen LogP contribution in [0.5, 0.6) is 0 Å². The van der Waals surface area contributed by atoms with Crippen LogP contribution in [0.25, 0.3) is 0 Å². The molecule has 2 aromatic rings. The van der Waals surface area contributed by atoms with Crippen molar-refractivity contribution in [2.24, 2.45) is 0 Å². The van der Waals surface area contributed by atoms with Crippen molar-refractivity contribution >= 4 is 17.5 Å². The molecule has 0 saturated heterocycles. The zero-order valence-corrected chi connectivity index (χ0v) is 14.0. The number of carbonyl (C=O) groups excluding carboxylic acids is 2. The second-order valence-electron chi connectivity index (χ2n) is 5.73. The van der Waals surface area contributed by atoms with E-state index in [2.05, 4.69) is 10.6 Å². The van der Waals surface area contributed by atoms with Crippen molar-refractivity contribution in [2.45, 2.75) is 20.8 Å². The number of benzene rings is 2. The van der Waals surface area contributed by atoms with Gasteiger partial charge in [0.05, 0.1) is 12.2 Å². The Morgan fingerprint density at radius 3 is 2.16 bits per heavy atom. The summed E-state index contributed by atoms with van der Waals surface area (Å²) in [6.07, 6.45) is 0. The Labute approximate surface area is 143 Å². The monoisotopic (exact) mass is 350 g/mol. The van der Waals surface area contributed by atoms with E-state index in [0.29, 0.717) is 11.6 Å². The zero-order valence-electron chi connectivity index (χ0n) is 14.0. The molecular weight excluding hydrogens is 333 g/mol. The molecule has 0 saturated carbocycles. The minimum Gasteiger partial charge on any atom is -0.343 e. The maximum atomic E-state index is 13.5. The van der Waals surface area contributed by atoms with Gasteiger partial charge in [-0.05, 0) is 44.0 Å². The van der Waals surface area contributed by atoms with Crippen molar-refractivity contribution in [3.63, 3.8) is 0 Å². The van der Waals surface area contributed by atoms with Crippen molar-refractivity contribution in [1.82, 2.24) is 5.32 Å². The third-order valence-electron chi connectivity index (χ3n) is 3.62. The van der Waals surface area contributed by atoms with Gasteiger partial charge in [-0.15, -0.1) is 0 Å². The summed E-state index contributed by atoms with van der Waals surface area (Å²) < 4.78 is 39.5. The zero-order chi connectivity index (χ0) is 18.7. The van der Waals surface area contributed by atoms with Gasteiger partial charge in [0, 0.05) is 5.56 Å². The summed E-state index contributed by atoms with van der Waals surface area (Å²) in [6, 6.07) is 5.30. The lowest BCUT2D eigenvalue weighted by molar-refractivity contribution is -0.115. The van der Waals surface area contributed by atoms with Crippen molar-refractivity contribution in [1.29, 1.82) is 0 Å². The number of anilines is 1. The molecule has 2 N–H and O–H groups in total. The number of amides is 2. The normalized spacial score (nSPS) is 10.5. The van der Waals surface area contributed by atoms with Crippen LogP contribution in [-0.4, -0.2) is 18.4 Å². The van der Waals surface area contributed by atoms with Crippen LogP contribution in [-0.2, 0) is 4.79 Å². The fraction of sp³-hybridized carbons (Fsp3) is 0.222. The highest BCUT2D eigenvalue weighted by Crippen LogP contribution is 2.19. The molecule has 2 rings (SSSR count). The van der Waals surface area contributed by atoms with Crippen LogP contribution in [0, 0.1) is 38.2 Å². The number of nitrogens with one attached hydrogen (secondary N) is 2. The van der Waals surface area contributed by atoms with Gasteiger partial charge in [-0.1, -0.05) is 17.7 Å². The smallest absolute Gasteiger partial charge is 0.252 e. The number of halogens is 3. The first-order valence-corrected chi connectivity index (χ1v) is 7.50. The van der Waals surface area contributed by atoms with Crippen LogP contribution < -0.4 is 10.6 Å². The molecule has 132 valence electrons. The first kappa shape index (κ1) is 18.5. The van der Waals surface area contributed by atoms with Gasteiger partial charge < -0.3 is 10.6 Å². The fourth-order valence-corrected chi connectivity index (χ4v) is 2.60. The Morgan fingerprint density at radius 2 is 1.56 bits per heavy atom. The molecule has 0 unspecified atom stereocenters. The molecule has 0 spiro atoms. The van der Waals surface area contributed by atoms with Gasteiger partial charge in [-0.2, -0.15) is 0 Å². The van der Waals surface area contributed by atoms with Gasteiger partial charge in [0.1, 0.15) is 0 Å². The summed E-state index contributed by atoms with van der Waals surface area (Å²) in [5, 5.41) is 4.51. The molecule has 0 aliphatic rings. The standard InChI is InChI=1S/C18H17F3N2O2/c1-9-6-10(2)15(11(3)7-9)18(25)22-8-14(24)23-13-5-4-12(19)16(20)17(13)21/h4-7H,8H2,1-3H3,(H,22,25)(H,23,24). The highest BCUT2D eigenvalue weighted by Gasteiger charge is 2.17. The Balaban J connectivity index is 2.03. The van der Waals surface area contributed by atoms with Crippen LogP contribution in [0.4, 0.5) is 18.9 Å². The molecule has 25 heavy (non-hydrogen) atoms. The van der Waals surface area contributed by atoms with Crippen LogP contribution in [0.3, 0.4) is 0 Å². The van der Waals surface area contributed by atoms with Crippen LogP contribution >= 0.6 is 0 Å². The molecule has 2 amide bonds. The summed E-state index contributed by atoms with van der Waals surface area (Å²) in [5.74, 6) is -5.73. The molecule has 0 bridgehead atoms. The maximum absolute atomic E-state index is 13.5. The largest absolute Gasteiger partial charge is 0.343 e. The second kappa shape index (κ2) is 7.38. The Hall–Kier alpha value is -2.83. The van der Waals surface area contributed by atoms with Crippen molar-refractivity contribution in [3.8, 4) is 0 Å². The first-order chi connectivity index (χ1) is 11.7. The topological polar surface area (TPSA) is 58.2 Å². The van der Waals surface area contributed by atoms with E-state index in [4.69, 9.17) is 0 Å². The molecule has 0 aliphatic heterocycles. The predicted octanol–water partition coefficient (Wildman–Crippen LogP) is 3.40. The van der Waals surface area contributed by atoms with E-state index in [-0.39, 0.29) is 0 Å². The van der Waals surface area contributed by atoms with E-state index in [9.17, 15) is 22.8 Å². The van der Waals surface area contributed by atoms with Gasteiger partial charge in [-0.25, -0.2) is 13.2 Å². The van der Waals surface area contributed by atoms with E-state index in [1.165, 1.54) is 0 Å². The summed E-state index contributed by atoms with van der Waals surface area (Å²) in [5.41, 5.74) is 2.50. The summed E-state index contributed by atoms with van der Waals surface area (Å²) in [7, 11) is 0. The SMILES string of the molecule is Cc1cc(C)c(C(=O)NCC(=O)Nc2ccc(F)c(F)c2F)c(C)c1. The average Bonchev–Trinajstić information content (AvgIpc) is 2.52. The molecule has 0 fully saturated rings. The number of aryl methyl sites for hydroxylation is 3. The highest BCUT2D eigenvalue weighted by atomic mass is 19.2. The lowest BCUT2D eigenvalue weighted by atomic mass is 9.99. The van der Waals surface area contributed by atoms with Crippen LogP contribution in [0.15, 0.2) is 24.3 Å². The Morgan fingerprint density at radius 1 is 0.960 bits per heavy atom. The number of hydrogen-bond acceptors (Lipinski definition) is 2. The second-order valence-corrected chi connectivity index (χ2v) is 5.73. The van der Waals surface area contributed by atoms with Crippen LogP contribution in [0.2, 0.25) is 0 Å². The van der Waals surface area contributed by atoms with Gasteiger partial charge in [0.25, 0.3) is 5.91 Å². The Kier molecular flexibility index (Phi) is 5.46. The lowest BCUT2D eigenvalue weighted by Gasteiger charge is -2.12. The molecule has 0 aromatic heterocycles. The number of hydrogen-bond donors (Lipinski definition) is 2. The molecule has 4 nitrogen and oxygen atoms in total. The fourth-order valence-electron chi connectivity index (χ4n) is 2.60. The number of carbonyl (C=O) groups is 2. The molecule has 2 aromatic carbocycles. The van der Waals surface area contributed by atoms with Gasteiger partial charge in [0.15, 0.2) is 17.5 Å². The summed E-state index contributed by atoms with van der Waals surface area (Å²) in [4.78, 5) is 24.1. The van der Waals surface area contributed by atoms with E-state index >= 15 is 0 Å². The highest BCUT2D eigenvalue weighted by molar-refractivity contribution is 6.01. The predicted molar refractivity (Wildman–Crippen MR) is 87.9 cm³/mol. The molecule has 0 radical (unpaired) electrons. The van der Waals surface area contributed by atoms with Gasteiger partial charge in [0.2, 0.25) is 5.91 Å². The Bertz CT molecular complexity index is 827. The third-order valence-corrected chi connectivity index (χ3v) is 3.62. The summed E-state index contributed by atoms with van der Waals surface area (Å²) in [6.45, 7) is 5.03.